The summed E-state index contributed by atoms with van der Waals surface area (Å²) in [5.41, 5.74) is 0.760. The number of hydrogen-bond acceptors (Lipinski definition) is 3. The van der Waals surface area contributed by atoms with Gasteiger partial charge in [-0.2, -0.15) is 0 Å². The van der Waals surface area contributed by atoms with Crippen molar-refractivity contribution in [1.82, 2.24) is 9.97 Å². The van der Waals surface area contributed by atoms with Gasteiger partial charge in [-0.05, 0) is 28.1 Å². The summed E-state index contributed by atoms with van der Waals surface area (Å²) in [7, 11) is 0. The van der Waals surface area contributed by atoms with Crippen molar-refractivity contribution in [3.63, 3.8) is 0 Å². The lowest BCUT2D eigenvalue weighted by Gasteiger charge is -1.98. The van der Waals surface area contributed by atoms with Gasteiger partial charge in [-0.3, -0.25) is 0 Å². The van der Waals surface area contributed by atoms with Crippen LogP contribution in [0.25, 0.3) is 10.9 Å². The van der Waals surface area contributed by atoms with Gasteiger partial charge in [-0.15, -0.1) is 0 Å². The Balaban J connectivity index is 2.86. The maximum absolute atomic E-state index is 9.12. The third kappa shape index (κ3) is 1.14. The average molecular weight is 225 g/mol. The Morgan fingerprint density at radius 3 is 3.00 bits per heavy atom. The summed E-state index contributed by atoms with van der Waals surface area (Å²) < 4.78 is 0.694. The number of pyridine rings is 2. The van der Waals surface area contributed by atoms with E-state index in [9.17, 15) is 0 Å². The summed E-state index contributed by atoms with van der Waals surface area (Å²) in [6, 6.07) is 3.45. The van der Waals surface area contributed by atoms with E-state index < -0.39 is 0 Å². The largest absolute Gasteiger partial charge is 0.506 e. The van der Waals surface area contributed by atoms with E-state index in [0.29, 0.717) is 4.60 Å². The molecule has 0 saturated carbocycles. The highest BCUT2D eigenvalue weighted by Crippen LogP contribution is 2.21. The van der Waals surface area contributed by atoms with Gasteiger partial charge >= 0.3 is 0 Å². The van der Waals surface area contributed by atoms with E-state index in [1.54, 1.807) is 18.3 Å². The number of nitrogens with zero attached hydrogens (tertiary/aromatic N) is 2. The van der Waals surface area contributed by atoms with E-state index in [-0.39, 0.29) is 5.75 Å². The lowest BCUT2D eigenvalue weighted by Crippen LogP contribution is -1.82. The van der Waals surface area contributed by atoms with Gasteiger partial charge in [0.2, 0.25) is 0 Å². The highest BCUT2D eigenvalue weighted by Gasteiger charge is 2.00. The average Bonchev–Trinajstić information content (AvgIpc) is 2.04. The van der Waals surface area contributed by atoms with Crippen LogP contribution in [0, 0.1) is 0 Å². The first-order valence-corrected chi connectivity index (χ1v) is 4.16. The Labute approximate surface area is 77.2 Å². The monoisotopic (exact) mass is 224 g/mol. The van der Waals surface area contributed by atoms with E-state index >= 15 is 0 Å². The van der Waals surface area contributed by atoms with Crippen LogP contribution < -0.4 is 0 Å². The maximum atomic E-state index is 9.12. The molecule has 0 aliphatic rings. The molecule has 0 aliphatic carbocycles. The molecule has 0 amide bonds. The molecule has 2 heterocycles. The number of hydrogen-bond donors (Lipinski definition) is 1. The quantitative estimate of drug-likeness (QED) is 0.698. The first kappa shape index (κ1) is 7.49. The lowest BCUT2D eigenvalue weighted by molar-refractivity contribution is 0.474. The van der Waals surface area contributed by atoms with E-state index in [0.717, 1.165) is 10.9 Å². The molecular formula is C8H5BrN2O. The van der Waals surface area contributed by atoms with Gasteiger partial charge in [0.1, 0.15) is 15.9 Å². The van der Waals surface area contributed by atoms with Crippen LogP contribution in [0.3, 0.4) is 0 Å². The SMILES string of the molecule is Oc1cnc2c(Br)nccc2c1. The zero-order valence-electron chi connectivity index (χ0n) is 6.03. The molecule has 60 valence electrons. The minimum atomic E-state index is 0.167. The molecule has 0 fully saturated rings. The second-order valence-corrected chi connectivity index (χ2v) is 3.12. The summed E-state index contributed by atoms with van der Waals surface area (Å²) in [5.74, 6) is 0.167. The smallest absolute Gasteiger partial charge is 0.134 e. The minimum Gasteiger partial charge on any atom is -0.506 e. The third-order valence-electron chi connectivity index (χ3n) is 1.54. The molecule has 0 spiro atoms. The molecule has 1 N–H and O–H groups in total. The number of rotatable bonds is 0. The van der Waals surface area contributed by atoms with Crippen LogP contribution in [0.1, 0.15) is 0 Å². The van der Waals surface area contributed by atoms with Crippen LogP contribution in [0.5, 0.6) is 5.75 Å². The van der Waals surface area contributed by atoms with Crippen LogP contribution in [-0.2, 0) is 0 Å². The first-order valence-electron chi connectivity index (χ1n) is 3.36. The van der Waals surface area contributed by atoms with E-state index in [2.05, 4.69) is 25.9 Å². The van der Waals surface area contributed by atoms with E-state index in [1.807, 2.05) is 0 Å². The zero-order chi connectivity index (χ0) is 8.55. The second kappa shape index (κ2) is 2.71. The number of aromatic nitrogens is 2. The fourth-order valence-corrected chi connectivity index (χ4v) is 1.46. The zero-order valence-corrected chi connectivity index (χ0v) is 7.62. The summed E-state index contributed by atoms with van der Waals surface area (Å²) >= 11 is 3.27. The fraction of sp³-hybridized carbons (Fsp3) is 0. The van der Waals surface area contributed by atoms with E-state index in [4.69, 9.17) is 5.11 Å². The Morgan fingerprint density at radius 1 is 1.33 bits per heavy atom. The van der Waals surface area contributed by atoms with Crippen molar-refractivity contribution in [3.05, 3.63) is 29.1 Å². The molecular weight excluding hydrogens is 220 g/mol. The van der Waals surface area contributed by atoms with Gasteiger partial charge < -0.3 is 5.11 Å². The van der Waals surface area contributed by atoms with Crippen molar-refractivity contribution < 1.29 is 5.11 Å². The van der Waals surface area contributed by atoms with Crippen LogP contribution in [0.4, 0.5) is 0 Å². The van der Waals surface area contributed by atoms with Gasteiger partial charge in [0.25, 0.3) is 0 Å². The van der Waals surface area contributed by atoms with Crippen LogP contribution in [-0.4, -0.2) is 15.1 Å². The van der Waals surface area contributed by atoms with E-state index in [1.165, 1.54) is 6.20 Å². The van der Waals surface area contributed by atoms with Crippen LogP contribution >= 0.6 is 15.9 Å². The molecule has 2 aromatic rings. The number of halogens is 1. The van der Waals surface area contributed by atoms with Crippen molar-refractivity contribution in [3.8, 4) is 5.75 Å². The van der Waals surface area contributed by atoms with Crippen molar-refractivity contribution in [2.75, 3.05) is 0 Å². The highest BCUT2D eigenvalue weighted by atomic mass is 79.9. The minimum absolute atomic E-state index is 0.167. The van der Waals surface area contributed by atoms with Crippen molar-refractivity contribution in [1.29, 1.82) is 0 Å². The van der Waals surface area contributed by atoms with Crippen molar-refractivity contribution in [2.24, 2.45) is 0 Å². The van der Waals surface area contributed by atoms with Gasteiger partial charge in [0.15, 0.2) is 0 Å². The van der Waals surface area contributed by atoms with Crippen LogP contribution in [0.15, 0.2) is 29.1 Å². The standard InChI is InChI=1S/C8H5BrN2O/c9-8-7-5(1-2-10-8)3-6(12)4-11-7/h1-4,12H. The molecule has 0 unspecified atom stereocenters. The Morgan fingerprint density at radius 2 is 2.17 bits per heavy atom. The topological polar surface area (TPSA) is 46.0 Å². The summed E-state index contributed by atoms with van der Waals surface area (Å²) in [5, 5.41) is 10.00. The molecule has 0 radical (unpaired) electrons. The predicted molar refractivity (Wildman–Crippen MR) is 48.9 cm³/mol. The van der Waals surface area contributed by atoms with Crippen molar-refractivity contribution >= 4 is 26.8 Å². The number of fused-ring (bicyclic) bond motifs is 1. The lowest BCUT2D eigenvalue weighted by atomic mass is 10.2. The molecule has 0 atom stereocenters. The molecule has 2 aromatic heterocycles. The molecule has 12 heavy (non-hydrogen) atoms. The Bertz CT molecular complexity index is 430. The molecule has 3 nitrogen and oxygen atoms in total. The predicted octanol–water partition coefficient (Wildman–Crippen LogP) is 2.10. The summed E-state index contributed by atoms with van der Waals surface area (Å²) in [4.78, 5) is 8.03. The van der Waals surface area contributed by atoms with Gasteiger partial charge in [0.05, 0.1) is 6.20 Å². The molecule has 2 rings (SSSR count). The summed E-state index contributed by atoms with van der Waals surface area (Å²) in [6.45, 7) is 0. The number of aromatic hydroxyl groups is 1. The molecule has 0 bridgehead atoms. The third-order valence-corrected chi connectivity index (χ3v) is 2.12. The summed E-state index contributed by atoms with van der Waals surface area (Å²) in [6.07, 6.45) is 3.06. The molecule has 0 aliphatic heterocycles. The second-order valence-electron chi connectivity index (χ2n) is 2.37. The van der Waals surface area contributed by atoms with Crippen molar-refractivity contribution in [2.45, 2.75) is 0 Å². The first-order chi connectivity index (χ1) is 5.77. The van der Waals surface area contributed by atoms with Gasteiger partial charge in [0, 0.05) is 11.6 Å². The Hall–Kier alpha value is -1.16. The molecule has 0 aromatic carbocycles. The maximum Gasteiger partial charge on any atom is 0.134 e. The van der Waals surface area contributed by atoms with Crippen LogP contribution in [0.2, 0.25) is 0 Å². The fourth-order valence-electron chi connectivity index (χ4n) is 1.01. The van der Waals surface area contributed by atoms with Gasteiger partial charge in [-0.25, -0.2) is 9.97 Å². The van der Waals surface area contributed by atoms with Gasteiger partial charge in [-0.1, -0.05) is 0 Å². The molecule has 4 heteroatoms. The Kier molecular flexibility index (Phi) is 1.69. The normalized spacial score (nSPS) is 10.4. The highest BCUT2D eigenvalue weighted by molar-refractivity contribution is 9.10. The molecule has 0 saturated heterocycles.